The molecule has 1 amide bonds. The monoisotopic (exact) mass is 439 g/mol. The zero-order valence-corrected chi connectivity index (χ0v) is 17.2. The van der Waals surface area contributed by atoms with Crippen LogP contribution >= 0.6 is 35.0 Å². The molecule has 6 nitrogen and oxygen atoms in total. The number of nitrogens with zero attached hydrogens (tertiary/aromatic N) is 1. The number of rotatable bonds is 4. The molecule has 146 valence electrons. The molecule has 0 fully saturated rings. The zero-order valence-electron chi connectivity index (χ0n) is 14.9. The summed E-state index contributed by atoms with van der Waals surface area (Å²) in [7, 11) is 2.40. The van der Waals surface area contributed by atoms with Crippen LogP contribution in [0.25, 0.3) is 0 Å². The summed E-state index contributed by atoms with van der Waals surface area (Å²) in [6.07, 6.45) is -0.426. The molecule has 2 aromatic rings. The number of hydrogen-bond acceptors (Lipinski definition) is 6. The number of fused-ring (bicyclic) bond motifs is 1. The Hall–Kier alpha value is -2.22. The molecule has 1 unspecified atom stereocenters. The lowest BCUT2D eigenvalue weighted by molar-refractivity contribution is -0.149. The Bertz CT molecular complexity index is 947. The van der Waals surface area contributed by atoms with Gasteiger partial charge in [-0.2, -0.15) is 0 Å². The highest BCUT2D eigenvalue weighted by Crippen LogP contribution is 2.49. The SMILES string of the molecule is COC(=O)CC1(C(=O)OC)Sc2ccccc2C(=O)N1c1cc(Cl)cc(Cl)c1. The first kappa shape index (κ1) is 20.5. The van der Waals surface area contributed by atoms with Crippen LogP contribution in [0.1, 0.15) is 16.8 Å². The first-order valence-electron chi connectivity index (χ1n) is 8.06. The number of halogens is 2. The minimum atomic E-state index is -1.72. The van der Waals surface area contributed by atoms with Crippen LogP contribution in [0.2, 0.25) is 10.0 Å². The van der Waals surface area contributed by atoms with Crippen molar-refractivity contribution in [2.75, 3.05) is 19.1 Å². The van der Waals surface area contributed by atoms with Crippen molar-refractivity contribution in [3.8, 4) is 0 Å². The maximum Gasteiger partial charge on any atom is 0.343 e. The molecule has 1 aliphatic heterocycles. The number of carbonyl (C=O) groups excluding carboxylic acids is 3. The van der Waals surface area contributed by atoms with Crippen LogP contribution in [-0.4, -0.2) is 36.9 Å². The van der Waals surface area contributed by atoms with Crippen molar-refractivity contribution in [1.82, 2.24) is 0 Å². The molecule has 28 heavy (non-hydrogen) atoms. The molecular weight excluding hydrogens is 425 g/mol. The number of amides is 1. The average Bonchev–Trinajstić information content (AvgIpc) is 2.66. The second-order valence-corrected chi connectivity index (χ2v) is 8.09. The van der Waals surface area contributed by atoms with E-state index in [1.165, 1.54) is 37.3 Å². The summed E-state index contributed by atoms with van der Waals surface area (Å²) >= 11 is 13.3. The molecule has 0 radical (unpaired) electrons. The van der Waals surface area contributed by atoms with Gasteiger partial charge in [-0.05, 0) is 30.3 Å². The second-order valence-electron chi connectivity index (χ2n) is 5.90. The molecule has 9 heteroatoms. The lowest BCUT2D eigenvalue weighted by atomic mass is 10.1. The van der Waals surface area contributed by atoms with Gasteiger partial charge in [-0.15, -0.1) is 0 Å². The van der Waals surface area contributed by atoms with Gasteiger partial charge in [-0.25, -0.2) is 4.79 Å². The van der Waals surface area contributed by atoms with Crippen LogP contribution in [0.15, 0.2) is 47.4 Å². The van der Waals surface area contributed by atoms with Crippen LogP contribution in [0, 0.1) is 0 Å². The van der Waals surface area contributed by atoms with E-state index >= 15 is 0 Å². The number of ether oxygens (including phenoxy) is 2. The lowest BCUT2D eigenvalue weighted by Crippen LogP contribution is -2.59. The molecule has 0 spiro atoms. The van der Waals surface area contributed by atoms with Gasteiger partial charge in [0.25, 0.3) is 5.91 Å². The Morgan fingerprint density at radius 1 is 1.07 bits per heavy atom. The number of benzene rings is 2. The van der Waals surface area contributed by atoms with Gasteiger partial charge >= 0.3 is 11.9 Å². The Morgan fingerprint density at radius 2 is 1.71 bits per heavy atom. The van der Waals surface area contributed by atoms with E-state index in [1.807, 2.05) is 0 Å². The number of carbonyl (C=O) groups is 3. The molecule has 0 N–H and O–H groups in total. The summed E-state index contributed by atoms with van der Waals surface area (Å²) in [5.74, 6) is -1.94. The van der Waals surface area contributed by atoms with E-state index in [0.29, 0.717) is 10.5 Å². The molecular formula is C19H15Cl2NO5S. The first-order chi connectivity index (χ1) is 13.3. The van der Waals surface area contributed by atoms with Crippen LogP contribution in [0.3, 0.4) is 0 Å². The van der Waals surface area contributed by atoms with Gasteiger partial charge in [-0.1, -0.05) is 47.1 Å². The van der Waals surface area contributed by atoms with E-state index in [1.54, 1.807) is 24.3 Å². The van der Waals surface area contributed by atoms with Crippen LogP contribution in [-0.2, 0) is 19.1 Å². The van der Waals surface area contributed by atoms with Gasteiger partial charge in [-0.3, -0.25) is 14.5 Å². The second kappa shape index (κ2) is 8.03. The first-order valence-corrected chi connectivity index (χ1v) is 9.63. The Labute approximate surface area is 175 Å². The minimum absolute atomic E-state index is 0.263. The van der Waals surface area contributed by atoms with E-state index in [9.17, 15) is 14.4 Å². The topological polar surface area (TPSA) is 72.9 Å². The summed E-state index contributed by atoms with van der Waals surface area (Å²) in [6, 6.07) is 11.3. The summed E-state index contributed by atoms with van der Waals surface area (Å²) in [5.41, 5.74) is 0.645. The number of methoxy groups -OCH3 is 2. The fourth-order valence-corrected chi connectivity index (χ4v) is 4.91. The lowest BCUT2D eigenvalue weighted by Gasteiger charge is -2.43. The Morgan fingerprint density at radius 3 is 2.32 bits per heavy atom. The zero-order chi connectivity index (χ0) is 20.5. The largest absolute Gasteiger partial charge is 0.469 e. The van der Waals surface area contributed by atoms with Gasteiger partial charge in [0.05, 0.1) is 26.2 Å². The molecule has 0 saturated carbocycles. The molecule has 0 aromatic heterocycles. The van der Waals surface area contributed by atoms with Crippen molar-refractivity contribution in [3.05, 3.63) is 58.1 Å². The molecule has 1 atom stereocenters. The predicted octanol–water partition coefficient (Wildman–Crippen LogP) is 4.18. The van der Waals surface area contributed by atoms with Crippen molar-refractivity contribution < 1.29 is 23.9 Å². The summed E-state index contributed by atoms with van der Waals surface area (Å²) < 4.78 is 9.76. The number of esters is 2. The summed E-state index contributed by atoms with van der Waals surface area (Å²) in [6.45, 7) is 0. The van der Waals surface area contributed by atoms with E-state index in [0.717, 1.165) is 11.8 Å². The van der Waals surface area contributed by atoms with Crippen molar-refractivity contribution >= 4 is 58.5 Å². The molecule has 2 aromatic carbocycles. The van der Waals surface area contributed by atoms with E-state index < -0.39 is 29.1 Å². The van der Waals surface area contributed by atoms with E-state index in [-0.39, 0.29) is 15.7 Å². The fourth-order valence-electron chi connectivity index (χ4n) is 2.99. The van der Waals surface area contributed by atoms with Gasteiger partial charge in [0, 0.05) is 20.6 Å². The Kier molecular flexibility index (Phi) is 5.88. The standard InChI is InChI=1S/C19H15Cl2NO5S/c1-26-16(23)10-19(18(25)27-2)22(13-8-11(20)7-12(21)9-13)17(24)14-5-3-4-6-15(14)28-19/h3-9H,10H2,1-2H3. The third-order valence-electron chi connectivity index (χ3n) is 4.18. The minimum Gasteiger partial charge on any atom is -0.469 e. The molecule has 0 bridgehead atoms. The number of thioether (sulfide) groups is 1. The highest BCUT2D eigenvalue weighted by molar-refractivity contribution is 8.01. The third kappa shape index (κ3) is 3.57. The average molecular weight is 440 g/mol. The maximum atomic E-state index is 13.4. The van der Waals surface area contributed by atoms with E-state index in [2.05, 4.69) is 0 Å². The number of anilines is 1. The van der Waals surface area contributed by atoms with Crippen LogP contribution in [0.4, 0.5) is 5.69 Å². The highest BCUT2D eigenvalue weighted by atomic mass is 35.5. The predicted molar refractivity (Wildman–Crippen MR) is 107 cm³/mol. The van der Waals surface area contributed by atoms with Gasteiger partial charge in [0.1, 0.15) is 0 Å². The van der Waals surface area contributed by atoms with Crippen molar-refractivity contribution in [1.29, 1.82) is 0 Å². The molecule has 1 heterocycles. The van der Waals surface area contributed by atoms with Crippen molar-refractivity contribution in [3.63, 3.8) is 0 Å². The van der Waals surface area contributed by atoms with Gasteiger partial charge in [0.2, 0.25) is 4.87 Å². The quantitative estimate of drug-likeness (QED) is 0.665. The molecule has 0 aliphatic carbocycles. The smallest absolute Gasteiger partial charge is 0.343 e. The molecule has 1 aliphatic rings. The third-order valence-corrected chi connectivity index (χ3v) is 6.03. The van der Waals surface area contributed by atoms with Gasteiger partial charge in [0.15, 0.2) is 0 Å². The van der Waals surface area contributed by atoms with Crippen LogP contribution in [0.5, 0.6) is 0 Å². The van der Waals surface area contributed by atoms with Crippen molar-refractivity contribution in [2.24, 2.45) is 0 Å². The maximum absolute atomic E-state index is 13.4. The summed E-state index contributed by atoms with van der Waals surface area (Å²) in [5, 5.41) is 0.548. The Balaban J connectivity index is 2.29. The molecule has 3 rings (SSSR count). The number of hydrogen-bond donors (Lipinski definition) is 0. The molecule has 0 saturated heterocycles. The van der Waals surface area contributed by atoms with Crippen LogP contribution < -0.4 is 4.90 Å². The van der Waals surface area contributed by atoms with Gasteiger partial charge < -0.3 is 9.47 Å². The van der Waals surface area contributed by atoms with Crippen molar-refractivity contribution in [2.45, 2.75) is 16.2 Å². The normalized spacial score (nSPS) is 18.4. The highest BCUT2D eigenvalue weighted by Gasteiger charge is 2.55. The van der Waals surface area contributed by atoms with E-state index in [4.69, 9.17) is 32.7 Å². The summed E-state index contributed by atoms with van der Waals surface area (Å²) in [4.78, 5) is 38.6. The fraction of sp³-hybridized carbons (Fsp3) is 0.211.